The highest BCUT2D eigenvalue weighted by Gasteiger charge is 2.41. The van der Waals surface area contributed by atoms with E-state index in [-0.39, 0.29) is 29.5 Å². The molecule has 3 rings (SSSR count). The number of carbonyl (C=O) groups is 1. The molecule has 0 aromatic heterocycles. The van der Waals surface area contributed by atoms with Crippen LogP contribution in [0.4, 0.5) is 0 Å². The standard InChI is InChI=1S/C23H34N2O5S/c1-3-4-14-30-21-10-8-18(15-22(21)29-2)9-11-23(26)24-19-16-31(27,28)17-20(19)25-12-6-5-7-13-25/h8-11,15,19-20H,3-7,12-14,16-17H2,1-2H3,(H,24,26)/b11-9+. The van der Waals surface area contributed by atoms with E-state index >= 15 is 0 Å². The summed E-state index contributed by atoms with van der Waals surface area (Å²) >= 11 is 0. The molecular weight excluding hydrogens is 416 g/mol. The molecule has 0 saturated carbocycles. The number of ether oxygens (including phenoxy) is 2. The molecule has 1 N–H and O–H groups in total. The van der Waals surface area contributed by atoms with Gasteiger partial charge in [0.25, 0.3) is 0 Å². The lowest BCUT2D eigenvalue weighted by Gasteiger charge is -2.34. The number of nitrogens with zero attached hydrogens (tertiary/aromatic N) is 1. The number of carbonyl (C=O) groups excluding carboxylic acids is 1. The van der Waals surface area contributed by atoms with Gasteiger partial charge in [0.05, 0.1) is 31.3 Å². The van der Waals surface area contributed by atoms with Crippen molar-refractivity contribution >= 4 is 21.8 Å². The van der Waals surface area contributed by atoms with Crippen molar-refractivity contribution in [3.63, 3.8) is 0 Å². The quantitative estimate of drug-likeness (QED) is 0.460. The van der Waals surface area contributed by atoms with Gasteiger partial charge in [0.15, 0.2) is 21.3 Å². The van der Waals surface area contributed by atoms with E-state index in [1.54, 1.807) is 13.2 Å². The van der Waals surface area contributed by atoms with Crippen LogP contribution in [0.2, 0.25) is 0 Å². The minimum absolute atomic E-state index is 0.00532. The third-order valence-corrected chi connectivity index (χ3v) is 7.60. The maximum Gasteiger partial charge on any atom is 0.244 e. The van der Waals surface area contributed by atoms with E-state index in [9.17, 15) is 13.2 Å². The summed E-state index contributed by atoms with van der Waals surface area (Å²) in [7, 11) is -1.55. The molecule has 31 heavy (non-hydrogen) atoms. The molecule has 2 aliphatic rings. The Kier molecular flexibility index (Phi) is 8.37. The van der Waals surface area contributed by atoms with E-state index in [1.807, 2.05) is 18.2 Å². The molecule has 2 saturated heterocycles. The Hall–Kier alpha value is -2.06. The number of unbranched alkanes of at least 4 members (excludes halogenated alkanes) is 1. The number of likely N-dealkylation sites (tertiary alicyclic amines) is 1. The number of hydrogen-bond donors (Lipinski definition) is 1. The molecule has 0 spiro atoms. The Bertz CT molecular complexity index is 878. The molecular formula is C23H34N2O5S. The largest absolute Gasteiger partial charge is 0.493 e. The van der Waals surface area contributed by atoms with Crippen molar-refractivity contribution in [1.82, 2.24) is 10.2 Å². The Balaban J connectivity index is 1.62. The summed E-state index contributed by atoms with van der Waals surface area (Å²) in [6.45, 7) is 4.53. The predicted molar refractivity (Wildman–Crippen MR) is 122 cm³/mol. The zero-order valence-electron chi connectivity index (χ0n) is 18.5. The van der Waals surface area contributed by atoms with Gasteiger partial charge in [0, 0.05) is 12.1 Å². The van der Waals surface area contributed by atoms with Crippen molar-refractivity contribution in [3.05, 3.63) is 29.8 Å². The third-order valence-electron chi connectivity index (χ3n) is 5.88. The Labute approximate surface area is 185 Å². The maximum absolute atomic E-state index is 12.5. The number of amides is 1. The van der Waals surface area contributed by atoms with Crippen molar-refractivity contribution in [1.29, 1.82) is 0 Å². The smallest absolute Gasteiger partial charge is 0.244 e. The van der Waals surface area contributed by atoms with E-state index in [0.717, 1.165) is 44.3 Å². The molecule has 2 aliphatic heterocycles. The summed E-state index contributed by atoms with van der Waals surface area (Å²) in [4.78, 5) is 14.8. The zero-order chi connectivity index (χ0) is 22.3. The van der Waals surface area contributed by atoms with Crippen molar-refractivity contribution in [2.24, 2.45) is 0 Å². The molecule has 1 aromatic carbocycles. The summed E-state index contributed by atoms with van der Waals surface area (Å²) in [5, 5.41) is 2.92. The second-order valence-electron chi connectivity index (χ2n) is 8.30. The van der Waals surface area contributed by atoms with Crippen molar-refractivity contribution in [3.8, 4) is 11.5 Å². The Morgan fingerprint density at radius 2 is 1.97 bits per heavy atom. The first-order chi connectivity index (χ1) is 14.9. The van der Waals surface area contributed by atoms with Crippen LogP contribution in [0.1, 0.15) is 44.6 Å². The number of nitrogens with one attached hydrogen (secondary N) is 1. The summed E-state index contributed by atoms with van der Waals surface area (Å²) in [6, 6.07) is 5.01. The molecule has 0 radical (unpaired) electrons. The number of sulfone groups is 1. The molecule has 8 heteroatoms. The lowest BCUT2D eigenvalue weighted by Crippen LogP contribution is -2.52. The van der Waals surface area contributed by atoms with Crippen LogP contribution in [0.3, 0.4) is 0 Å². The molecule has 1 aromatic rings. The molecule has 2 unspecified atom stereocenters. The molecule has 1 amide bonds. The van der Waals surface area contributed by atoms with Gasteiger partial charge in [-0.05, 0) is 56.1 Å². The first kappa shape index (κ1) is 23.6. The fraction of sp³-hybridized carbons (Fsp3) is 0.609. The minimum atomic E-state index is -3.14. The average Bonchev–Trinajstić information content (AvgIpc) is 3.07. The van der Waals surface area contributed by atoms with Crippen molar-refractivity contribution in [2.45, 2.75) is 51.1 Å². The van der Waals surface area contributed by atoms with Crippen LogP contribution >= 0.6 is 0 Å². The highest BCUT2D eigenvalue weighted by atomic mass is 32.2. The highest BCUT2D eigenvalue weighted by molar-refractivity contribution is 7.91. The number of rotatable bonds is 9. The van der Waals surface area contributed by atoms with Gasteiger partial charge in [-0.2, -0.15) is 0 Å². The normalized spacial score (nSPS) is 23.7. The van der Waals surface area contributed by atoms with Gasteiger partial charge >= 0.3 is 0 Å². The average molecular weight is 451 g/mol. The fourth-order valence-electron chi connectivity index (χ4n) is 4.21. The summed E-state index contributed by atoms with van der Waals surface area (Å²) < 4.78 is 35.6. The lowest BCUT2D eigenvalue weighted by molar-refractivity contribution is -0.117. The summed E-state index contributed by atoms with van der Waals surface area (Å²) in [6.07, 6.45) is 8.52. The summed E-state index contributed by atoms with van der Waals surface area (Å²) in [5.41, 5.74) is 0.807. The van der Waals surface area contributed by atoms with Gasteiger partial charge in [0.2, 0.25) is 5.91 Å². The van der Waals surface area contributed by atoms with Gasteiger partial charge < -0.3 is 14.8 Å². The molecule has 172 valence electrons. The van der Waals surface area contributed by atoms with E-state index in [4.69, 9.17) is 9.47 Å². The van der Waals surface area contributed by atoms with E-state index in [0.29, 0.717) is 18.1 Å². The monoisotopic (exact) mass is 450 g/mol. The van der Waals surface area contributed by atoms with Crippen LogP contribution in [0.5, 0.6) is 11.5 Å². The SMILES string of the molecule is CCCCOc1ccc(/C=C/C(=O)NC2CS(=O)(=O)CC2N2CCCCC2)cc1OC. The molecule has 0 bridgehead atoms. The lowest BCUT2D eigenvalue weighted by atomic mass is 10.0. The van der Waals surface area contributed by atoms with Crippen LogP contribution in [-0.2, 0) is 14.6 Å². The number of piperidine rings is 1. The van der Waals surface area contributed by atoms with Gasteiger partial charge in [-0.1, -0.05) is 25.8 Å². The maximum atomic E-state index is 12.5. The molecule has 2 heterocycles. The number of methoxy groups -OCH3 is 1. The predicted octanol–water partition coefficient (Wildman–Crippen LogP) is 2.66. The van der Waals surface area contributed by atoms with Crippen LogP contribution < -0.4 is 14.8 Å². The zero-order valence-corrected chi connectivity index (χ0v) is 19.3. The third kappa shape index (κ3) is 6.71. The highest BCUT2D eigenvalue weighted by Crippen LogP contribution is 2.29. The minimum Gasteiger partial charge on any atom is -0.493 e. The molecule has 7 nitrogen and oxygen atoms in total. The first-order valence-electron chi connectivity index (χ1n) is 11.2. The molecule has 2 atom stereocenters. The second-order valence-corrected chi connectivity index (χ2v) is 10.5. The van der Waals surface area contributed by atoms with E-state index in [2.05, 4.69) is 17.1 Å². The Morgan fingerprint density at radius 3 is 2.68 bits per heavy atom. The molecule has 0 aliphatic carbocycles. The van der Waals surface area contributed by atoms with Gasteiger partial charge in [-0.3, -0.25) is 9.69 Å². The molecule has 2 fully saturated rings. The van der Waals surface area contributed by atoms with Gasteiger partial charge in [0.1, 0.15) is 0 Å². The fourth-order valence-corrected chi connectivity index (χ4v) is 6.17. The summed E-state index contributed by atoms with van der Waals surface area (Å²) in [5.74, 6) is 1.14. The topological polar surface area (TPSA) is 84.9 Å². The van der Waals surface area contributed by atoms with Crippen LogP contribution in [0.15, 0.2) is 24.3 Å². The van der Waals surface area contributed by atoms with Gasteiger partial charge in [-0.15, -0.1) is 0 Å². The second kappa shape index (κ2) is 11.0. The van der Waals surface area contributed by atoms with Crippen LogP contribution in [0.25, 0.3) is 6.08 Å². The van der Waals surface area contributed by atoms with Crippen LogP contribution in [0, 0.1) is 0 Å². The van der Waals surface area contributed by atoms with E-state index < -0.39 is 9.84 Å². The Morgan fingerprint density at radius 1 is 1.19 bits per heavy atom. The van der Waals surface area contributed by atoms with Crippen LogP contribution in [-0.4, -0.2) is 69.6 Å². The van der Waals surface area contributed by atoms with E-state index in [1.165, 1.54) is 12.5 Å². The van der Waals surface area contributed by atoms with Crippen molar-refractivity contribution < 1.29 is 22.7 Å². The van der Waals surface area contributed by atoms with Crippen molar-refractivity contribution in [2.75, 3.05) is 38.3 Å². The number of hydrogen-bond acceptors (Lipinski definition) is 6. The first-order valence-corrected chi connectivity index (χ1v) is 13.0. The van der Waals surface area contributed by atoms with Gasteiger partial charge in [-0.25, -0.2) is 8.42 Å². The number of benzene rings is 1.